The molecule has 0 aliphatic heterocycles. The van der Waals surface area contributed by atoms with Gasteiger partial charge in [-0.3, -0.25) is 4.79 Å². The molecule has 0 spiro atoms. The van der Waals surface area contributed by atoms with Crippen molar-refractivity contribution in [2.24, 2.45) is 4.40 Å². The number of nitrogens with zero attached hydrogens (tertiary/aromatic N) is 1. The van der Waals surface area contributed by atoms with Crippen molar-refractivity contribution in [2.45, 2.75) is 38.5 Å². The lowest BCUT2D eigenvalue weighted by Gasteiger charge is -2.08. The summed E-state index contributed by atoms with van der Waals surface area (Å²) in [6, 6.07) is 6.30. The molecule has 0 saturated carbocycles. The molecule has 0 amide bonds. The van der Waals surface area contributed by atoms with Crippen LogP contribution in [0.5, 0.6) is 0 Å². The van der Waals surface area contributed by atoms with E-state index in [9.17, 15) is 13.2 Å². The van der Waals surface area contributed by atoms with Gasteiger partial charge in [-0.25, -0.2) is 0 Å². The molecule has 0 aliphatic carbocycles. The van der Waals surface area contributed by atoms with Crippen LogP contribution in [0.2, 0.25) is 0 Å². The highest BCUT2D eigenvalue weighted by Gasteiger charge is 2.18. The number of carbonyl (C=O) groups excluding carboxylic acids is 1. The monoisotopic (exact) mass is 327 g/mol. The molecular formula is C15H21NO5S. The molecular weight excluding hydrogens is 306 g/mol. The Hall–Kier alpha value is -1.89. The van der Waals surface area contributed by atoms with Crippen LogP contribution in [0.1, 0.15) is 32.3 Å². The number of aryl methyl sites for hydroxylation is 1. The highest BCUT2D eigenvalue weighted by molar-refractivity contribution is 7.90. The third-order valence-electron chi connectivity index (χ3n) is 2.61. The zero-order chi connectivity index (χ0) is 16.6. The number of sulfonamides is 1. The average molecular weight is 327 g/mol. The summed E-state index contributed by atoms with van der Waals surface area (Å²) < 4.78 is 38.2. The summed E-state index contributed by atoms with van der Waals surface area (Å²) in [6.07, 6.45) is 0.366. The first-order chi connectivity index (χ1) is 10.4. The smallest absolute Gasteiger partial charge is 0.315 e. The van der Waals surface area contributed by atoms with Gasteiger partial charge in [0.2, 0.25) is 5.90 Å². The SMILES string of the molecule is CCCO/C(CC(=O)OCC)=N/S(=O)(=O)c1ccc(C)cc1. The van der Waals surface area contributed by atoms with E-state index in [0.717, 1.165) is 5.56 Å². The molecule has 6 nitrogen and oxygen atoms in total. The van der Waals surface area contributed by atoms with Crippen molar-refractivity contribution in [3.05, 3.63) is 29.8 Å². The van der Waals surface area contributed by atoms with Gasteiger partial charge in [0.15, 0.2) is 0 Å². The van der Waals surface area contributed by atoms with Gasteiger partial charge in [0, 0.05) is 0 Å². The maximum Gasteiger partial charge on any atom is 0.315 e. The van der Waals surface area contributed by atoms with Gasteiger partial charge < -0.3 is 9.47 Å². The zero-order valence-corrected chi connectivity index (χ0v) is 13.9. The molecule has 0 atom stereocenters. The Kier molecular flexibility index (Phi) is 7.04. The van der Waals surface area contributed by atoms with Gasteiger partial charge in [-0.1, -0.05) is 24.6 Å². The minimum Gasteiger partial charge on any atom is -0.480 e. The summed E-state index contributed by atoms with van der Waals surface area (Å²) in [6.45, 7) is 5.89. The number of ether oxygens (including phenoxy) is 2. The van der Waals surface area contributed by atoms with Crippen molar-refractivity contribution in [1.29, 1.82) is 0 Å². The van der Waals surface area contributed by atoms with Crippen LogP contribution in [-0.2, 0) is 24.3 Å². The molecule has 0 aromatic heterocycles. The van der Waals surface area contributed by atoms with Crippen LogP contribution in [0, 0.1) is 6.92 Å². The Balaban J connectivity index is 3.02. The van der Waals surface area contributed by atoms with E-state index in [1.54, 1.807) is 19.1 Å². The Morgan fingerprint density at radius 2 is 1.77 bits per heavy atom. The normalized spacial score (nSPS) is 12.0. The molecule has 0 bridgehead atoms. The molecule has 122 valence electrons. The molecule has 0 aliphatic rings. The van der Waals surface area contributed by atoms with E-state index in [0.29, 0.717) is 6.42 Å². The Morgan fingerprint density at radius 3 is 2.32 bits per heavy atom. The van der Waals surface area contributed by atoms with Crippen LogP contribution in [0.25, 0.3) is 0 Å². The second-order valence-electron chi connectivity index (χ2n) is 4.60. The molecule has 0 N–H and O–H groups in total. The molecule has 0 saturated heterocycles. The lowest BCUT2D eigenvalue weighted by atomic mass is 10.2. The van der Waals surface area contributed by atoms with Crippen molar-refractivity contribution >= 4 is 21.9 Å². The number of rotatable bonds is 7. The number of hydrogen-bond acceptors (Lipinski definition) is 5. The highest BCUT2D eigenvalue weighted by atomic mass is 32.2. The molecule has 0 radical (unpaired) electrons. The molecule has 1 rings (SSSR count). The quantitative estimate of drug-likeness (QED) is 0.436. The van der Waals surface area contributed by atoms with E-state index in [4.69, 9.17) is 9.47 Å². The van der Waals surface area contributed by atoms with Gasteiger partial charge in [0.05, 0.1) is 18.1 Å². The largest absolute Gasteiger partial charge is 0.480 e. The standard InChI is InChI=1S/C15H21NO5S/c1-4-10-21-14(11-15(17)20-5-2)16-22(18,19)13-8-6-12(3)7-9-13/h6-9H,4-5,10-11H2,1-3H3/b16-14+. The Morgan fingerprint density at radius 1 is 1.14 bits per heavy atom. The van der Waals surface area contributed by atoms with E-state index in [-0.39, 0.29) is 30.4 Å². The van der Waals surface area contributed by atoms with Crippen molar-refractivity contribution in [1.82, 2.24) is 0 Å². The predicted molar refractivity (Wildman–Crippen MR) is 83.3 cm³/mol. The van der Waals surface area contributed by atoms with Gasteiger partial charge >= 0.3 is 5.97 Å². The van der Waals surface area contributed by atoms with Crippen LogP contribution in [0.4, 0.5) is 0 Å². The van der Waals surface area contributed by atoms with Gasteiger partial charge in [-0.15, -0.1) is 4.40 Å². The first-order valence-corrected chi connectivity index (χ1v) is 8.52. The van der Waals surface area contributed by atoms with Crippen LogP contribution < -0.4 is 0 Å². The van der Waals surface area contributed by atoms with Crippen LogP contribution in [0.15, 0.2) is 33.6 Å². The summed E-state index contributed by atoms with van der Waals surface area (Å²) in [5, 5.41) is 0. The first kappa shape index (κ1) is 18.2. The fourth-order valence-corrected chi connectivity index (χ4v) is 2.53. The minimum atomic E-state index is -3.91. The van der Waals surface area contributed by atoms with Crippen molar-refractivity contribution in [3.8, 4) is 0 Å². The fraction of sp³-hybridized carbons (Fsp3) is 0.467. The van der Waals surface area contributed by atoms with Crippen LogP contribution in [0.3, 0.4) is 0 Å². The van der Waals surface area contributed by atoms with Crippen molar-refractivity contribution in [3.63, 3.8) is 0 Å². The number of carbonyl (C=O) groups is 1. The summed E-state index contributed by atoms with van der Waals surface area (Å²) >= 11 is 0. The van der Waals surface area contributed by atoms with E-state index >= 15 is 0 Å². The second kappa shape index (κ2) is 8.53. The molecule has 22 heavy (non-hydrogen) atoms. The molecule has 1 aromatic carbocycles. The van der Waals surface area contributed by atoms with Gasteiger partial charge in [-0.2, -0.15) is 8.42 Å². The molecule has 0 unspecified atom stereocenters. The minimum absolute atomic E-state index is 0.0551. The zero-order valence-electron chi connectivity index (χ0n) is 13.0. The van der Waals surface area contributed by atoms with Gasteiger partial charge in [0.1, 0.15) is 6.42 Å². The third-order valence-corrected chi connectivity index (χ3v) is 3.93. The van der Waals surface area contributed by atoms with E-state index in [2.05, 4.69) is 4.40 Å². The maximum atomic E-state index is 12.2. The first-order valence-electron chi connectivity index (χ1n) is 7.08. The molecule has 0 fully saturated rings. The average Bonchev–Trinajstić information content (AvgIpc) is 2.45. The van der Waals surface area contributed by atoms with E-state index in [1.807, 2.05) is 13.8 Å². The molecule has 1 aromatic rings. The summed E-state index contributed by atoms with van der Waals surface area (Å²) in [5.74, 6) is -0.725. The molecule has 0 heterocycles. The fourth-order valence-electron chi connectivity index (χ4n) is 1.56. The summed E-state index contributed by atoms with van der Waals surface area (Å²) in [5.41, 5.74) is 0.942. The van der Waals surface area contributed by atoms with Gasteiger partial charge in [-0.05, 0) is 32.4 Å². The lowest BCUT2D eigenvalue weighted by molar-refractivity contribution is -0.141. The van der Waals surface area contributed by atoms with E-state index in [1.165, 1.54) is 12.1 Å². The van der Waals surface area contributed by atoms with Crippen molar-refractivity contribution < 1.29 is 22.7 Å². The predicted octanol–water partition coefficient (Wildman–Crippen LogP) is 2.46. The highest BCUT2D eigenvalue weighted by Crippen LogP contribution is 2.14. The van der Waals surface area contributed by atoms with Gasteiger partial charge in [0.25, 0.3) is 10.0 Å². The summed E-state index contributed by atoms with van der Waals surface area (Å²) in [7, 11) is -3.91. The maximum absolute atomic E-state index is 12.2. The Labute approximate surface area is 131 Å². The number of benzene rings is 1. The number of esters is 1. The van der Waals surface area contributed by atoms with Crippen LogP contribution >= 0.6 is 0 Å². The Bertz CT molecular complexity index is 620. The second-order valence-corrected chi connectivity index (χ2v) is 6.21. The number of hydrogen-bond donors (Lipinski definition) is 0. The van der Waals surface area contributed by atoms with Crippen molar-refractivity contribution in [2.75, 3.05) is 13.2 Å². The lowest BCUT2D eigenvalue weighted by Crippen LogP contribution is -2.16. The molecule has 7 heteroatoms. The summed E-state index contributed by atoms with van der Waals surface area (Å²) in [4.78, 5) is 11.6. The third kappa shape index (κ3) is 5.85. The van der Waals surface area contributed by atoms with Crippen LogP contribution in [-0.4, -0.2) is 33.5 Å². The van der Waals surface area contributed by atoms with E-state index < -0.39 is 16.0 Å². The topological polar surface area (TPSA) is 82.0 Å².